The van der Waals surface area contributed by atoms with Crippen LogP contribution in [0.1, 0.15) is 36.9 Å². The normalized spacial score (nSPS) is 20.0. The fraction of sp³-hybridized carbons (Fsp3) is 0.700. The molecule has 8 nitrogen and oxygen atoms in total. The molecule has 29 heavy (non-hydrogen) atoms. The predicted octanol–water partition coefficient (Wildman–Crippen LogP) is 1.65. The summed E-state index contributed by atoms with van der Waals surface area (Å²) in [6.45, 7) is 2.83. The molecule has 1 unspecified atom stereocenters. The molecule has 1 aliphatic heterocycles. The Morgan fingerprint density at radius 1 is 1.28 bits per heavy atom. The molecule has 0 radical (unpaired) electrons. The van der Waals surface area contributed by atoms with Crippen LogP contribution < -0.4 is 0 Å². The van der Waals surface area contributed by atoms with Crippen LogP contribution in [0.15, 0.2) is 23.7 Å². The van der Waals surface area contributed by atoms with Gasteiger partial charge in [0.1, 0.15) is 0 Å². The van der Waals surface area contributed by atoms with Crippen LogP contribution in [0.25, 0.3) is 0 Å². The summed E-state index contributed by atoms with van der Waals surface area (Å²) in [6, 6.07) is 0. The van der Waals surface area contributed by atoms with E-state index in [9.17, 15) is 8.42 Å². The van der Waals surface area contributed by atoms with E-state index in [4.69, 9.17) is 4.74 Å². The first-order valence-electron chi connectivity index (χ1n) is 10.5. The third-order valence-corrected chi connectivity index (χ3v) is 7.51. The molecule has 0 bridgehead atoms. The molecule has 3 heterocycles. The van der Waals surface area contributed by atoms with Gasteiger partial charge in [0.15, 0.2) is 0 Å². The Morgan fingerprint density at radius 3 is 2.76 bits per heavy atom. The number of aromatic nitrogens is 4. The van der Waals surface area contributed by atoms with Gasteiger partial charge in [-0.05, 0) is 50.6 Å². The minimum Gasteiger partial charge on any atom is -0.376 e. The van der Waals surface area contributed by atoms with Gasteiger partial charge in [-0.3, -0.25) is 4.68 Å². The van der Waals surface area contributed by atoms with Crippen molar-refractivity contribution in [2.24, 2.45) is 13.0 Å². The fourth-order valence-electron chi connectivity index (χ4n) is 3.90. The number of nitrogens with zero attached hydrogens (tertiary/aromatic N) is 5. The average molecular weight is 422 g/mol. The summed E-state index contributed by atoms with van der Waals surface area (Å²) in [4.78, 5) is 6.57. The molecule has 4 rings (SSSR count). The second-order valence-electron chi connectivity index (χ2n) is 8.51. The standard InChI is InChI=1S/C20H31N5O3S/c1-23(8-7-17-10-22-24(2)12-17)13-18-11-21-20(29(26,27)15-16-5-6-16)25(18)14-19-4-3-9-28-19/h10-12,16,19H,3-9,13-15H2,1-2H3. The molecule has 160 valence electrons. The van der Waals surface area contributed by atoms with Gasteiger partial charge >= 0.3 is 0 Å². The molecule has 0 aromatic carbocycles. The van der Waals surface area contributed by atoms with E-state index < -0.39 is 9.84 Å². The summed E-state index contributed by atoms with van der Waals surface area (Å²) in [5.74, 6) is 0.518. The van der Waals surface area contributed by atoms with Crippen molar-refractivity contribution in [1.82, 2.24) is 24.2 Å². The molecule has 2 aromatic heterocycles. The second kappa shape index (κ2) is 8.57. The molecule has 0 spiro atoms. The smallest absolute Gasteiger partial charge is 0.227 e. The average Bonchev–Trinajstić information content (AvgIpc) is 3.05. The van der Waals surface area contributed by atoms with Crippen LogP contribution in [0.2, 0.25) is 0 Å². The minimum absolute atomic E-state index is 0.0681. The van der Waals surface area contributed by atoms with Gasteiger partial charge in [0.2, 0.25) is 15.0 Å². The van der Waals surface area contributed by atoms with Gasteiger partial charge in [0.25, 0.3) is 0 Å². The Balaban J connectivity index is 1.48. The quantitative estimate of drug-likeness (QED) is 0.580. The number of hydrogen-bond acceptors (Lipinski definition) is 6. The molecule has 1 atom stereocenters. The van der Waals surface area contributed by atoms with Crippen molar-refractivity contribution in [2.45, 2.75) is 56.5 Å². The van der Waals surface area contributed by atoms with Gasteiger partial charge < -0.3 is 14.2 Å². The summed E-state index contributed by atoms with van der Waals surface area (Å²) in [5, 5.41) is 4.43. The number of sulfone groups is 1. The summed E-state index contributed by atoms with van der Waals surface area (Å²) in [7, 11) is 0.601. The fourth-order valence-corrected chi connectivity index (χ4v) is 5.74. The Kier molecular flexibility index (Phi) is 6.08. The summed E-state index contributed by atoms with van der Waals surface area (Å²) < 4.78 is 35.4. The zero-order valence-electron chi connectivity index (χ0n) is 17.3. The lowest BCUT2D eigenvalue weighted by atomic mass is 10.2. The highest BCUT2D eigenvalue weighted by Crippen LogP contribution is 2.32. The number of rotatable bonds is 10. The maximum atomic E-state index is 12.9. The highest BCUT2D eigenvalue weighted by atomic mass is 32.2. The zero-order valence-corrected chi connectivity index (χ0v) is 18.1. The molecule has 1 aliphatic carbocycles. The molecule has 1 saturated heterocycles. The van der Waals surface area contributed by atoms with Crippen molar-refractivity contribution >= 4 is 9.84 Å². The molecular formula is C20H31N5O3S. The molecule has 2 aliphatic rings. The van der Waals surface area contributed by atoms with E-state index >= 15 is 0 Å². The highest BCUT2D eigenvalue weighted by Gasteiger charge is 2.33. The number of ether oxygens (including phenoxy) is 1. The Labute approximate surface area is 172 Å². The van der Waals surface area contributed by atoms with E-state index in [2.05, 4.69) is 22.0 Å². The topological polar surface area (TPSA) is 82.3 Å². The lowest BCUT2D eigenvalue weighted by molar-refractivity contribution is 0.0934. The molecule has 9 heteroatoms. The summed E-state index contributed by atoms with van der Waals surface area (Å²) >= 11 is 0. The highest BCUT2D eigenvalue weighted by molar-refractivity contribution is 7.91. The number of imidazole rings is 1. The Morgan fingerprint density at radius 2 is 2.10 bits per heavy atom. The van der Waals surface area contributed by atoms with E-state index in [1.54, 1.807) is 6.20 Å². The van der Waals surface area contributed by atoms with E-state index in [0.29, 0.717) is 19.0 Å². The van der Waals surface area contributed by atoms with Crippen molar-refractivity contribution in [3.63, 3.8) is 0 Å². The third-order valence-electron chi connectivity index (χ3n) is 5.71. The van der Waals surface area contributed by atoms with Gasteiger partial charge in [0.05, 0.1) is 36.5 Å². The van der Waals surface area contributed by atoms with Gasteiger partial charge in [-0.2, -0.15) is 5.10 Å². The van der Waals surface area contributed by atoms with Crippen LogP contribution in [0.5, 0.6) is 0 Å². The van der Waals surface area contributed by atoms with Gasteiger partial charge in [-0.1, -0.05) is 0 Å². The third kappa shape index (κ3) is 5.26. The number of likely N-dealkylation sites (N-methyl/N-ethyl adjacent to an activating group) is 1. The van der Waals surface area contributed by atoms with Crippen molar-refractivity contribution in [2.75, 3.05) is 26.0 Å². The van der Waals surface area contributed by atoms with Gasteiger partial charge in [0, 0.05) is 32.9 Å². The number of aryl methyl sites for hydroxylation is 1. The maximum absolute atomic E-state index is 12.9. The van der Waals surface area contributed by atoms with E-state index in [0.717, 1.165) is 50.9 Å². The van der Waals surface area contributed by atoms with Gasteiger partial charge in [-0.15, -0.1) is 0 Å². The predicted molar refractivity (Wildman–Crippen MR) is 109 cm³/mol. The second-order valence-corrected chi connectivity index (χ2v) is 10.4. The Bertz CT molecular complexity index is 926. The van der Waals surface area contributed by atoms with Crippen molar-refractivity contribution in [1.29, 1.82) is 0 Å². The molecular weight excluding hydrogens is 390 g/mol. The van der Waals surface area contributed by atoms with Crippen LogP contribution in [-0.2, 0) is 41.1 Å². The Hall–Kier alpha value is -1.71. The first-order chi connectivity index (χ1) is 13.9. The van der Waals surface area contributed by atoms with E-state index in [-0.39, 0.29) is 17.0 Å². The monoisotopic (exact) mass is 421 g/mol. The largest absolute Gasteiger partial charge is 0.376 e. The molecule has 0 amide bonds. The first kappa shape index (κ1) is 20.6. The van der Waals surface area contributed by atoms with Crippen molar-refractivity contribution in [3.8, 4) is 0 Å². The SMILES string of the molecule is CN(CCc1cnn(C)c1)Cc1cnc(S(=O)(=O)CC2CC2)n1CC1CCCO1. The molecule has 2 aromatic rings. The first-order valence-corrected chi connectivity index (χ1v) is 12.1. The lowest BCUT2D eigenvalue weighted by Crippen LogP contribution is -2.26. The maximum Gasteiger partial charge on any atom is 0.227 e. The van der Waals surface area contributed by atoms with Crippen molar-refractivity contribution < 1.29 is 13.2 Å². The number of hydrogen-bond donors (Lipinski definition) is 0. The summed E-state index contributed by atoms with van der Waals surface area (Å²) in [5.41, 5.74) is 2.13. The van der Waals surface area contributed by atoms with Crippen molar-refractivity contribution in [3.05, 3.63) is 29.8 Å². The molecule has 0 N–H and O–H groups in total. The van der Waals surface area contributed by atoms with Crippen LogP contribution in [0.4, 0.5) is 0 Å². The minimum atomic E-state index is -3.37. The molecule has 2 fully saturated rings. The molecule has 1 saturated carbocycles. The van der Waals surface area contributed by atoms with E-state index in [1.807, 2.05) is 28.7 Å². The van der Waals surface area contributed by atoms with Crippen LogP contribution in [-0.4, -0.2) is 64.7 Å². The summed E-state index contributed by atoms with van der Waals surface area (Å²) in [6.07, 6.45) is 10.6. The lowest BCUT2D eigenvalue weighted by Gasteiger charge is -2.20. The van der Waals surface area contributed by atoms with E-state index in [1.165, 1.54) is 5.56 Å². The van der Waals surface area contributed by atoms with Crippen LogP contribution in [0, 0.1) is 5.92 Å². The van der Waals surface area contributed by atoms with Crippen LogP contribution in [0.3, 0.4) is 0 Å². The van der Waals surface area contributed by atoms with Crippen LogP contribution >= 0.6 is 0 Å². The van der Waals surface area contributed by atoms with Gasteiger partial charge in [-0.25, -0.2) is 13.4 Å². The zero-order chi connectivity index (χ0) is 20.4.